The van der Waals surface area contributed by atoms with Gasteiger partial charge in [-0.05, 0) is 25.3 Å². The first-order valence-corrected chi connectivity index (χ1v) is 8.20. The van der Waals surface area contributed by atoms with E-state index < -0.39 is 0 Å². The zero-order valence-electron chi connectivity index (χ0n) is 12.1. The minimum atomic E-state index is 0.418. The Morgan fingerprint density at radius 3 is 2.80 bits per heavy atom. The molecule has 0 aliphatic carbocycles. The maximum absolute atomic E-state index is 4.62. The zero-order valence-corrected chi connectivity index (χ0v) is 12.1. The van der Waals surface area contributed by atoms with Crippen molar-refractivity contribution in [1.82, 2.24) is 20.9 Å². The van der Waals surface area contributed by atoms with Crippen molar-refractivity contribution in [3.8, 4) is 0 Å². The van der Waals surface area contributed by atoms with Gasteiger partial charge in [-0.25, -0.2) is 0 Å². The minimum Gasteiger partial charge on any atom is -0.313 e. The van der Waals surface area contributed by atoms with E-state index >= 15 is 0 Å². The average molecular weight is 278 g/mol. The third-order valence-corrected chi connectivity index (χ3v) is 5.42. The molecular weight excluding hydrogens is 252 g/mol. The van der Waals surface area contributed by atoms with Gasteiger partial charge in [0.1, 0.15) is 0 Å². The second-order valence-electron chi connectivity index (χ2n) is 6.70. The molecule has 4 atom stereocenters. The molecule has 6 heteroatoms. The lowest BCUT2D eigenvalue weighted by molar-refractivity contribution is 0.00193. The Kier molecular flexibility index (Phi) is 3.72. The normalized spacial score (nSPS) is 43.0. The lowest BCUT2D eigenvalue weighted by atomic mass is 9.78. The first-order valence-electron chi connectivity index (χ1n) is 8.20. The van der Waals surface area contributed by atoms with Crippen LogP contribution < -0.4 is 16.0 Å². The standard InChI is InChI=1S/C14H26N6/c1-2-10-6-18-19-14(13(10)17-3-1)11-8-20(9-11)12-7-15-4-5-16-12/h10-17H,1-9H2. The molecule has 0 saturated carbocycles. The molecule has 0 amide bonds. The van der Waals surface area contributed by atoms with Gasteiger partial charge >= 0.3 is 0 Å². The largest absolute Gasteiger partial charge is 0.313 e. The lowest BCUT2D eigenvalue weighted by Gasteiger charge is -2.50. The first kappa shape index (κ1) is 13.1. The fourth-order valence-corrected chi connectivity index (χ4v) is 4.21. The van der Waals surface area contributed by atoms with Crippen LogP contribution in [0.2, 0.25) is 0 Å². The van der Waals surface area contributed by atoms with E-state index in [0.717, 1.165) is 38.6 Å². The molecule has 3 saturated heterocycles. The molecule has 4 aliphatic rings. The van der Waals surface area contributed by atoms with E-state index in [-0.39, 0.29) is 0 Å². The molecule has 3 N–H and O–H groups in total. The van der Waals surface area contributed by atoms with E-state index in [1.807, 2.05) is 0 Å². The third-order valence-electron chi connectivity index (χ3n) is 5.42. The van der Waals surface area contributed by atoms with E-state index in [2.05, 4.69) is 31.1 Å². The number of nitrogens with zero attached hydrogens (tertiary/aromatic N) is 3. The summed E-state index contributed by atoms with van der Waals surface area (Å²) in [5.41, 5.74) is 0. The predicted molar refractivity (Wildman–Crippen MR) is 77.7 cm³/mol. The van der Waals surface area contributed by atoms with Crippen LogP contribution in [0.25, 0.3) is 0 Å². The summed E-state index contributed by atoms with van der Waals surface area (Å²) in [5.74, 6) is 1.43. The summed E-state index contributed by atoms with van der Waals surface area (Å²) in [5, 5.41) is 19.8. The number of rotatable bonds is 2. The summed E-state index contributed by atoms with van der Waals surface area (Å²) >= 11 is 0. The second-order valence-corrected chi connectivity index (χ2v) is 6.70. The van der Waals surface area contributed by atoms with Crippen molar-refractivity contribution in [1.29, 1.82) is 0 Å². The topological polar surface area (TPSA) is 64.0 Å². The molecule has 0 aromatic carbocycles. The predicted octanol–water partition coefficient (Wildman–Crippen LogP) is -0.360. The van der Waals surface area contributed by atoms with E-state index in [1.54, 1.807) is 0 Å². The molecular formula is C14H26N6. The van der Waals surface area contributed by atoms with Crippen molar-refractivity contribution in [2.24, 2.45) is 22.1 Å². The van der Waals surface area contributed by atoms with Crippen LogP contribution in [0.3, 0.4) is 0 Å². The molecule has 4 heterocycles. The summed E-state index contributed by atoms with van der Waals surface area (Å²) in [6.07, 6.45) is 3.16. The van der Waals surface area contributed by atoms with Crippen molar-refractivity contribution < 1.29 is 0 Å². The van der Waals surface area contributed by atoms with Crippen LogP contribution in [-0.2, 0) is 0 Å². The van der Waals surface area contributed by atoms with Crippen molar-refractivity contribution in [3.05, 3.63) is 0 Å². The molecule has 0 aromatic rings. The zero-order chi connectivity index (χ0) is 13.4. The van der Waals surface area contributed by atoms with Gasteiger partial charge < -0.3 is 10.6 Å². The molecule has 20 heavy (non-hydrogen) atoms. The Morgan fingerprint density at radius 1 is 1.00 bits per heavy atom. The van der Waals surface area contributed by atoms with Crippen LogP contribution in [-0.4, -0.2) is 69.0 Å². The number of hydrogen-bond acceptors (Lipinski definition) is 6. The fraction of sp³-hybridized carbons (Fsp3) is 1.00. The number of fused-ring (bicyclic) bond motifs is 1. The van der Waals surface area contributed by atoms with Gasteiger partial charge in [0.15, 0.2) is 0 Å². The average Bonchev–Trinajstić information content (AvgIpc) is 2.47. The highest BCUT2D eigenvalue weighted by atomic mass is 15.3. The molecule has 112 valence electrons. The van der Waals surface area contributed by atoms with Crippen molar-refractivity contribution in [2.45, 2.75) is 31.1 Å². The smallest absolute Gasteiger partial charge is 0.0916 e. The summed E-state index contributed by atoms with van der Waals surface area (Å²) in [6, 6.07) is 1.01. The van der Waals surface area contributed by atoms with Crippen molar-refractivity contribution >= 4 is 0 Å². The highest BCUT2D eigenvalue weighted by Crippen LogP contribution is 2.33. The van der Waals surface area contributed by atoms with E-state index in [1.165, 1.54) is 25.9 Å². The van der Waals surface area contributed by atoms with Gasteiger partial charge in [-0.1, -0.05) is 0 Å². The van der Waals surface area contributed by atoms with E-state index in [0.29, 0.717) is 24.2 Å². The molecule has 3 fully saturated rings. The van der Waals surface area contributed by atoms with Crippen LogP contribution in [0.1, 0.15) is 12.8 Å². The molecule has 4 rings (SSSR count). The number of nitrogens with one attached hydrogen (secondary N) is 3. The number of azo groups is 1. The van der Waals surface area contributed by atoms with Gasteiger partial charge in [-0.15, -0.1) is 0 Å². The molecule has 0 bridgehead atoms. The van der Waals surface area contributed by atoms with Crippen LogP contribution in [0.5, 0.6) is 0 Å². The first-order chi connectivity index (χ1) is 9.92. The second kappa shape index (κ2) is 5.67. The third kappa shape index (κ3) is 2.39. The fourth-order valence-electron chi connectivity index (χ4n) is 4.21. The molecule has 0 aromatic heterocycles. The molecule has 0 spiro atoms. The van der Waals surface area contributed by atoms with Crippen LogP contribution in [0, 0.1) is 11.8 Å². The lowest BCUT2D eigenvalue weighted by Crippen LogP contribution is -2.67. The van der Waals surface area contributed by atoms with Gasteiger partial charge in [0.25, 0.3) is 0 Å². The van der Waals surface area contributed by atoms with Crippen molar-refractivity contribution in [2.75, 3.05) is 45.8 Å². The maximum Gasteiger partial charge on any atom is 0.0916 e. The monoisotopic (exact) mass is 278 g/mol. The Morgan fingerprint density at radius 2 is 1.95 bits per heavy atom. The Hall–Kier alpha value is -0.560. The van der Waals surface area contributed by atoms with Crippen LogP contribution >= 0.6 is 0 Å². The summed E-state index contributed by atoms with van der Waals surface area (Å²) in [6.45, 7) is 7.71. The molecule has 0 radical (unpaired) electrons. The van der Waals surface area contributed by atoms with Gasteiger partial charge in [0.05, 0.1) is 18.8 Å². The van der Waals surface area contributed by atoms with E-state index in [4.69, 9.17) is 0 Å². The summed E-state index contributed by atoms with van der Waals surface area (Å²) in [7, 11) is 0. The van der Waals surface area contributed by atoms with Gasteiger partial charge in [-0.2, -0.15) is 10.2 Å². The highest BCUT2D eigenvalue weighted by Gasteiger charge is 2.44. The summed E-state index contributed by atoms with van der Waals surface area (Å²) in [4.78, 5) is 2.55. The molecule has 4 aliphatic heterocycles. The minimum absolute atomic E-state index is 0.418. The van der Waals surface area contributed by atoms with Gasteiger partial charge in [0, 0.05) is 44.7 Å². The van der Waals surface area contributed by atoms with Gasteiger partial charge in [0.2, 0.25) is 0 Å². The van der Waals surface area contributed by atoms with Gasteiger partial charge in [-0.3, -0.25) is 10.2 Å². The number of piperidine rings is 1. The number of piperazine rings is 1. The van der Waals surface area contributed by atoms with Crippen molar-refractivity contribution in [3.63, 3.8) is 0 Å². The van der Waals surface area contributed by atoms with Crippen LogP contribution in [0.15, 0.2) is 10.2 Å². The quantitative estimate of drug-likeness (QED) is 0.645. The Labute approximate surface area is 120 Å². The molecule has 4 unspecified atom stereocenters. The summed E-state index contributed by atoms with van der Waals surface area (Å²) < 4.78 is 0. The Bertz CT molecular complexity index is 361. The number of likely N-dealkylation sites (tertiary alicyclic amines) is 1. The number of hydrogen-bond donors (Lipinski definition) is 3. The SMILES string of the molecule is C1CNC2C(C1)CN=NC2C1CN(C2CNCCN2)C1. The van der Waals surface area contributed by atoms with Crippen LogP contribution in [0.4, 0.5) is 0 Å². The highest BCUT2D eigenvalue weighted by molar-refractivity contribution is 5.02. The molecule has 6 nitrogen and oxygen atoms in total. The Balaban J connectivity index is 1.35. The maximum atomic E-state index is 4.62. The van der Waals surface area contributed by atoms with E-state index in [9.17, 15) is 0 Å².